The van der Waals surface area contributed by atoms with Crippen molar-refractivity contribution in [2.75, 3.05) is 19.8 Å². The SMILES string of the molecule is CCO[C@@]1(C)CO[C@@H](C(=O)N2CCc3ccccc3[C@@H]2c2ccc(F)cc2)C[C@@H]1N. The first-order valence-corrected chi connectivity index (χ1v) is 10.6. The maximum Gasteiger partial charge on any atom is 0.252 e. The number of carbonyl (C=O) groups is 1. The molecule has 160 valence electrons. The maximum atomic E-state index is 13.6. The van der Waals surface area contributed by atoms with E-state index in [4.69, 9.17) is 15.2 Å². The lowest BCUT2D eigenvalue weighted by atomic mass is 9.86. The Kier molecular flexibility index (Phi) is 5.91. The molecule has 4 atom stereocenters. The molecule has 0 radical (unpaired) electrons. The number of fused-ring (bicyclic) bond motifs is 1. The average Bonchev–Trinajstić information content (AvgIpc) is 2.75. The predicted octanol–water partition coefficient (Wildman–Crippen LogP) is 3.21. The zero-order valence-corrected chi connectivity index (χ0v) is 17.5. The molecule has 0 bridgehead atoms. The van der Waals surface area contributed by atoms with Gasteiger partial charge in [0.15, 0.2) is 0 Å². The molecular weight excluding hydrogens is 383 g/mol. The largest absolute Gasteiger partial charge is 0.372 e. The average molecular weight is 413 g/mol. The van der Waals surface area contributed by atoms with Crippen molar-refractivity contribution in [3.8, 4) is 0 Å². The number of benzene rings is 2. The van der Waals surface area contributed by atoms with Crippen LogP contribution in [0.25, 0.3) is 0 Å². The van der Waals surface area contributed by atoms with Gasteiger partial charge in [-0.2, -0.15) is 0 Å². The molecule has 4 rings (SSSR count). The topological polar surface area (TPSA) is 64.8 Å². The van der Waals surface area contributed by atoms with Crippen LogP contribution in [0.5, 0.6) is 0 Å². The summed E-state index contributed by atoms with van der Waals surface area (Å²) >= 11 is 0. The van der Waals surface area contributed by atoms with Crippen LogP contribution in [0.15, 0.2) is 48.5 Å². The van der Waals surface area contributed by atoms with Gasteiger partial charge in [-0.05, 0) is 49.1 Å². The minimum Gasteiger partial charge on any atom is -0.372 e. The summed E-state index contributed by atoms with van der Waals surface area (Å²) in [4.78, 5) is 15.4. The summed E-state index contributed by atoms with van der Waals surface area (Å²) in [5, 5.41) is 0. The molecule has 0 unspecified atom stereocenters. The second-order valence-electron chi connectivity index (χ2n) is 8.32. The summed E-state index contributed by atoms with van der Waals surface area (Å²) in [5.41, 5.74) is 8.96. The van der Waals surface area contributed by atoms with Crippen LogP contribution < -0.4 is 5.73 Å². The normalized spacial score (nSPS) is 28.8. The van der Waals surface area contributed by atoms with E-state index in [1.54, 1.807) is 12.1 Å². The second-order valence-corrected chi connectivity index (χ2v) is 8.32. The molecule has 1 amide bonds. The minimum atomic E-state index is -0.609. The fourth-order valence-corrected chi connectivity index (χ4v) is 4.57. The van der Waals surface area contributed by atoms with Crippen LogP contribution >= 0.6 is 0 Å². The van der Waals surface area contributed by atoms with Gasteiger partial charge in [0.1, 0.15) is 17.5 Å². The van der Waals surface area contributed by atoms with Crippen molar-refractivity contribution >= 4 is 5.91 Å². The summed E-state index contributed by atoms with van der Waals surface area (Å²) in [6.07, 6.45) is 0.570. The van der Waals surface area contributed by atoms with E-state index in [2.05, 4.69) is 6.07 Å². The fourth-order valence-electron chi connectivity index (χ4n) is 4.57. The highest BCUT2D eigenvalue weighted by molar-refractivity contribution is 5.82. The van der Waals surface area contributed by atoms with Crippen LogP contribution in [-0.2, 0) is 20.7 Å². The molecular formula is C24H29FN2O3. The zero-order valence-electron chi connectivity index (χ0n) is 17.5. The molecule has 5 nitrogen and oxygen atoms in total. The third-order valence-electron chi connectivity index (χ3n) is 6.33. The Labute approximate surface area is 177 Å². The standard InChI is InChI=1S/C24H29FN2O3/c1-3-30-24(2)15-29-20(14-21(24)26)23(28)27-13-12-16-6-4-5-7-19(16)22(27)17-8-10-18(25)11-9-17/h4-11,20-22H,3,12-15,26H2,1-2H3/t20-,21+,22+,24+/m1/s1. The van der Waals surface area contributed by atoms with Gasteiger partial charge in [0.25, 0.3) is 5.91 Å². The van der Waals surface area contributed by atoms with Crippen molar-refractivity contribution in [2.24, 2.45) is 5.73 Å². The lowest BCUT2D eigenvalue weighted by Crippen LogP contribution is -2.60. The van der Waals surface area contributed by atoms with Gasteiger partial charge in [-0.1, -0.05) is 36.4 Å². The van der Waals surface area contributed by atoms with Crippen LogP contribution in [0.4, 0.5) is 4.39 Å². The molecule has 0 aromatic heterocycles. The van der Waals surface area contributed by atoms with Gasteiger partial charge < -0.3 is 20.1 Å². The Morgan fingerprint density at radius 3 is 2.70 bits per heavy atom. The van der Waals surface area contributed by atoms with Gasteiger partial charge in [-0.15, -0.1) is 0 Å². The van der Waals surface area contributed by atoms with E-state index in [0.717, 1.165) is 17.5 Å². The van der Waals surface area contributed by atoms with E-state index < -0.39 is 11.7 Å². The Morgan fingerprint density at radius 2 is 2.00 bits per heavy atom. The van der Waals surface area contributed by atoms with E-state index in [1.807, 2.05) is 36.9 Å². The number of ether oxygens (including phenoxy) is 2. The molecule has 2 N–H and O–H groups in total. The number of hydrogen-bond donors (Lipinski definition) is 1. The van der Waals surface area contributed by atoms with Gasteiger partial charge in [-0.3, -0.25) is 4.79 Å². The van der Waals surface area contributed by atoms with Crippen LogP contribution in [0, 0.1) is 5.82 Å². The molecule has 0 aliphatic carbocycles. The smallest absolute Gasteiger partial charge is 0.252 e. The van der Waals surface area contributed by atoms with E-state index >= 15 is 0 Å². The summed E-state index contributed by atoms with van der Waals surface area (Å²) in [5.74, 6) is -0.370. The minimum absolute atomic E-state index is 0.0761. The molecule has 30 heavy (non-hydrogen) atoms. The molecule has 0 spiro atoms. The molecule has 2 aliphatic heterocycles. The first-order valence-electron chi connectivity index (χ1n) is 10.6. The van der Waals surface area contributed by atoms with Crippen LogP contribution in [-0.4, -0.2) is 48.3 Å². The molecule has 6 heteroatoms. The quantitative estimate of drug-likeness (QED) is 0.838. The molecule has 2 heterocycles. The number of halogens is 1. The third-order valence-corrected chi connectivity index (χ3v) is 6.33. The summed E-state index contributed by atoms with van der Waals surface area (Å²) in [6, 6.07) is 13.9. The van der Waals surface area contributed by atoms with Crippen LogP contribution in [0.2, 0.25) is 0 Å². The molecule has 1 fully saturated rings. The van der Waals surface area contributed by atoms with Crippen molar-refractivity contribution in [1.29, 1.82) is 0 Å². The van der Waals surface area contributed by atoms with Crippen molar-refractivity contribution in [3.63, 3.8) is 0 Å². The molecule has 2 aliphatic rings. The van der Waals surface area contributed by atoms with Gasteiger partial charge >= 0.3 is 0 Å². The highest BCUT2D eigenvalue weighted by Crippen LogP contribution is 2.37. The number of nitrogens with zero attached hydrogens (tertiary/aromatic N) is 1. The van der Waals surface area contributed by atoms with Gasteiger partial charge in [0, 0.05) is 25.6 Å². The second kappa shape index (κ2) is 8.46. The first-order chi connectivity index (χ1) is 14.4. The summed E-state index contributed by atoms with van der Waals surface area (Å²) in [7, 11) is 0. The van der Waals surface area contributed by atoms with E-state index in [9.17, 15) is 9.18 Å². The van der Waals surface area contributed by atoms with Gasteiger partial charge in [0.2, 0.25) is 0 Å². The summed E-state index contributed by atoms with van der Waals surface area (Å²) in [6.45, 7) is 5.26. The van der Waals surface area contributed by atoms with E-state index in [-0.39, 0.29) is 30.4 Å². The lowest BCUT2D eigenvalue weighted by molar-refractivity contribution is -0.174. The molecule has 0 saturated carbocycles. The van der Waals surface area contributed by atoms with E-state index in [0.29, 0.717) is 19.6 Å². The van der Waals surface area contributed by atoms with Crippen molar-refractivity contribution in [1.82, 2.24) is 4.90 Å². The zero-order chi connectivity index (χ0) is 21.3. The first kappa shape index (κ1) is 21.0. The fraction of sp³-hybridized carbons (Fsp3) is 0.458. The third kappa shape index (κ3) is 3.87. The monoisotopic (exact) mass is 412 g/mol. The molecule has 1 saturated heterocycles. The number of amides is 1. The van der Waals surface area contributed by atoms with Crippen molar-refractivity contribution in [2.45, 2.75) is 50.5 Å². The maximum absolute atomic E-state index is 13.6. The van der Waals surface area contributed by atoms with Crippen LogP contribution in [0.1, 0.15) is 43.0 Å². The summed E-state index contributed by atoms with van der Waals surface area (Å²) < 4.78 is 25.3. The molecule has 2 aromatic carbocycles. The highest BCUT2D eigenvalue weighted by atomic mass is 19.1. The Hall–Kier alpha value is -2.28. The van der Waals surface area contributed by atoms with Gasteiger partial charge in [0.05, 0.1) is 12.6 Å². The lowest BCUT2D eigenvalue weighted by Gasteiger charge is -2.44. The van der Waals surface area contributed by atoms with Gasteiger partial charge in [-0.25, -0.2) is 4.39 Å². The Bertz CT molecular complexity index is 904. The highest BCUT2D eigenvalue weighted by Gasteiger charge is 2.44. The predicted molar refractivity (Wildman–Crippen MR) is 112 cm³/mol. The van der Waals surface area contributed by atoms with Crippen LogP contribution in [0.3, 0.4) is 0 Å². The van der Waals surface area contributed by atoms with Crippen molar-refractivity contribution in [3.05, 3.63) is 71.0 Å². The number of hydrogen-bond acceptors (Lipinski definition) is 4. The Morgan fingerprint density at radius 1 is 1.27 bits per heavy atom. The number of rotatable bonds is 4. The molecule has 2 aromatic rings. The van der Waals surface area contributed by atoms with E-state index in [1.165, 1.54) is 17.7 Å². The number of carbonyl (C=O) groups excluding carboxylic acids is 1. The number of nitrogens with two attached hydrogens (primary N) is 1. The van der Waals surface area contributed by atoms with Crippen molar-refractivity contribution < 1.29 is 18.7 Å². The Balaban J connectivity index is 1.62.